The van der Waals surface area contributed by atoms with E-state index < -0.39 is 4.92 Å². The van der Waals surface area contributed by atoms with Gasteiger partial charge in [0.25, 0.3) is 0 Å². The number of rotatable bonds is 4. The molecular formula is C8H8N6O2S2. The van der Waals surface area contributed by atoms with Crippen molar-refractivity contribution in [3.8, 4) is 0 Å². The molecule has 0 unspecified atom stereocenters. The molecule has 2 aromatic rings. The Morgan fingerprint density at radius 1 is 1.50 bits per heavy atom. The van der Waals surface area contributed by atoms with Gasteiger partial charge in [-0.2, -0.15) is 9.36 Å². The molecule has 2 aromatic heterocycles. The molecule has 18 heavy (non-hydrogen) atoms. The quantitative estimate of drug-likeness (QED) is 0.514. The Morgan fingerprint density at radius 3 is 2.83 bits per heavy atom. The van der Waals surface area contributed by atoms with Gasteiger partial charge in [0.1, 0.15) is 12.0 Å². The standard InChI is InChI=1S/C8H8N6O2S2/c1-4-5(14(15)16)6(13-7(9-2)12-4)17-8-10-3-11-18-8/h3H,1-2H3,(H,9,12,13). The first-order valence-electron chi connectivity index (χ1n) is 4.77. The molecule has 10 heteroatoms. The van der Waals surface area contributed by atoms with Gasteiger partial charge < -0.3 is 5.32 Å². The van der Waals surface area contributed by atoms with Crippen LogP contribution in [-0.2, 0) is 0 Å². The number of nitrogens with one attached hydrogen (secondary N) is 1. The summed E-state index contributed by atoms with van der Waals surface area (Å²) in [6.07, 6.45) is 1.39. The molecule has 0 saturated carbocycles. The Balaban J connectivity index is 2.48. The highest BCUT2D eigenvalue weighted by atomic mass is 32.2. The average molecular weight is 284 g/mol. The second-order valence-corrected chi connectivity index (χ2v) is 5.12. The van der Waals surface area contributed by atoms with Gasteiger partial charge in [-0.3, -0.25) is 10.1 Å². The van der Waals surface area contributed by atoms with Crippen molar-refractivity contribution in [2.24, 2.45) is 0 Å². The number of nitrogens with zero attached hydrogens (tertiary/aromatic N) is 5. The zero-order valence-corrected chi connectivity index (χ0v) is 11.1. The van der Waals surface area contributed by atoms with E-state index in [0.29, 0.717) is 16.0 Å². The van der Waals surface area contributed by atoms with Crippen molar-refractivity contribution >= 4 is 34.9 Å². The number of hydrogen-bond acceptors (Lipinski definition) is 9. The minimum absolute atomic E-state index is 0.103. The zero-order valence-electron chi connectivity index (χ0n) is 9.45. The van der Waals surface area contributed by atoms with Crippen molar-refractivity contribution in [2.45, 2.75) is 16.3 Å². The summed E-state index contributed by atoms with van der Waals surface area (Å²) in [5.74, 6) is 0.338. The summed E-state index contributed by atoms with van der Waals surface area (Å²) in [6.45, 7) is 1.57. The van der Waals surface area contributed by atoms with Crippen molar-refractivity contribution in [3.05, 3.63) is 22.1 Å². The smallest absolute Gasteiger partial charge is 0.322 e. The molecule has 0 aliphatic heterocycles. The molecule has 0 atom stereocenters. The first-order valence-corrected chi connectivity index (χ1v) is 6.36. The van der Waals surface area contributed by atoms with E-state index in [1.807, 2.05) is 0 Å². The highest BCUT2D eigenvalue weighted by molar-refractivity contribution is 8.01. The van der Waals surface area contributed by atoms with Crippen LogP contribution in [0.4, 0.5) is 11.6 Å². The fourth-order valence-corrected chi connectivity index (χ4v) is 2.73. The van der Waals surface area contributed by atoms with Gasteiger partial charge >= 0.3 is 5.69 Å². The first kappa shape index (κ1) is 12.6. The Kier molecular flexibility index (Phi) is 3.67. The lowest BCUT2D eigenvalue weighted by atomic mass is 10.4. The molecule has 8 nitrogen and oxygen atoms in total. The van der Waals surface area contributed by atoms with Crippen LogP contribution < -0.4 is 5.32 Å². The van der Waals surface area contributed by atoms with Gasteiger partial charge in [0.05, 0.1) is 4.92 Å². The van der Waals surface area contributed by atoms with E-state index in [2.05, 4.69) is 24.6 Å². The highest BCUT2D eigenvalue weighted by Gasteiger charge is 2.23. The predicted octanol–water partition coefficient (Wildman–Crippen LogP) is 1.74. The van der Waals surface area contributed by atoms with E-state index >= 15 is 0 Å². The second-order valence-electron chi connectivity index (χ2n) is 3.10. The van der Waals surface area contributed by atoms with Gasteiger partial charge in [-0.25, -0.2) is 9.97 Å². The Bertz CT molecular complexity index is 573. The predicted molar refractivity (Wildman–Crippen MR) is 67.0 cm³/mol. The molecule has 0 aliphatic rings. The van der Waals surface area contributed by atoms with Gasteiger partial charge in [0.15, 0.2) is 9.37 Å². The summed E-state index contributed by atoms with van der Waals surface area (Å²) in [6, 6.07) is 0. The molecule has 0 fully saturated rings. The Labute approximate surface area is 110 Å². The van der Waals surface area contributed by atoms with E-state index in [1.165, 1.54) is 6.33 Å². The van der Waals surface area contributed by atoms with Crippen molar-refractivity contribution in [1.29, 1.82) is 0 Å². The molecular weight excluding hydrogens is 276 g/mol. The topological polar surface area (TPSA) is 107 Å². The Hall–Kier alpha value is -1.81. The summed E-state index contributed by atoms with van der Waals surface area (Å²) < 4.78 is 4.43. The minimum atomic E-state index is -0.488. The average Bonchev–Trinajstić information content (AvgIpc) is 2.80. The van der Waals surface area contributed by atoms with Crippen molar-refractivity contribution in [2.75, 3.05) is 12.4 Å². The fourth-order valence-electron chi connectivity index (χ4n) is 1.22. The summed E-state index contributed by atoms with van der Waals surface area (Å²) in [5, 5.41) is 14.1. The number of aryl methyl sites for hydroxylation is 1. The van der Waals surface area contributed by atoms with Crippen molar-refractivity contribution in [1.82, 2.24) is 19.3 Å². The van der Waals surface area contributed by atoms with E-state index in [4.69, 9.17) is 0 Å². The summed E-state index contributed by atoms with van der Waals surface area (Å²) in [7, 11) is 1.65. The maximum Gasteiger partial charge on any atom is 0.322 e. The van der Waals surface area contributed by atoms with Crippen LogP contribution in [-0.4, -0.2) is 31.3 Å². The summed E-state index contributed by atoms with van der Waals surface area (Å²) in [4.78, 5) is 22.6. The van der Waals surface area contributed by atoms with Crippen LogP contribution in [0.25, 0.3) is 0 Å². The second kappa shape index (κ2) is 5.23. The summed E-state index contributed by atoms with van der Waals surface area (Å²) in [5.41, 5.74) is 0.209. The normalized spacial score (nSPS) is 10.3. The number of anilines is 1. The van der Waals surface area contributed by atoms with Crippen LogP contribution in [0.2, 0.25) is 0 Å². The molecule has 0 amide bonds. The van der Waals surface area contributed by atoms with Crippen molar-refractivity contribution in [3.63, 3.8) is 0 Å². The molecule has 0 bridgehead atoms. The molecule has 0 radical (unpaired) electrons. The van der Waals surface area contributed by atoms with E-state index in [-0.39, 0.29) is 10.7 Å². The zero-order chi connectivity index (χ0) is 13.1. The third kappa shape index (κ3) is 2.54. The third-order valence-corrected chi connectivity index (χ3v) is 3.65. The number of nitro groups is 1. The SMILES string of the molecule is CNc1nc(C)c([N+](=O)[O-])c(Sc2ncns2)n1. The van der Waals surface area contributed by atoms with Gasteiger partial charge in [-0.15, -0.1) is 0 Å². The largest absolute Gasteiger partial charge is 0.357 e. The molecule has 0 aliphatic carbocycles. The van der Waals surface area contributed by atoms with Gasteiger partial charge in [0.2, 0.25) is 5.95 Å². The molecule has 2 heterocycles. The first-order chi connectivity index (χ1) is 8.61. The van der Waals surface area contributed by atoms with Crippen LogP contribution in [0.3, 0.4) is 0 Å². The van der Waals surface area contributed by atoms with E-state index in [9.17, 15) is 10.1 Å². The molecule has 2 rings (SSSR count). The highest BCUT2D eigenvalue weighted by Crippen LogP contribution is 2.35. The molecule has 1 N–H and O–H groups in total. The van der Waals surface area contributed by atoms with Crippen LogP contribution in [0, 0.1) is 17.0 Å². The van der Waals surface area contributed by atoms with Crippen LogP contribution >= 0.6 is 23.3 Å². The molecule has 0 saturated heterocycles. The summed E-state index contributed by atoms with van der Waals surface area (Å²) >= 11 is 2.26. The maximum atomic E-state index is 11.0. The van der Waals surface area contributed by atoms with Gasteiger partial charge in [-0.05, 0) is 30.2 Å². The van der Waals surface area contributed by atoms with Crippen molar-refractivity contribution < 1.29 is 4.92 Å². The number of aromatic nitrogens is 4. The lowest BCUT2D eigenvalue weighted by Gasteiger charge is -2.05. The lowest BCUT2D eigenvalue weighted by Crippen LogP contribution is -2.04. The third-order valence-electron chi connectivity index (χ3n) is 1.96. The van der Waals surface area contributed by atoms with Gasteiger partial charge in [0, 0.05) is 7.05 Å². The molecule has 0 spiro atoms. The minimum Gasteiger partial charge on any atom is -0.357 e. The van der Waals surface area contributed by atoms with Crippen LogP contribution in [0.5, 0.6) is 0 Å². The van der Waals surface area contributed by atoms with Crippen LogP contribution in [0.1, 0.15) is 5.69 Å². The number of hydrogen-bond donors (Lipinski definition) is 1. The van der Waals surface area contributed by atoms with E-state index in [0.717, 1.165) is 23.3 Å². The molecule has 94 valence electrons. The molecule has 0 aromatic carbocycles. The van der Waals surface area contributed by atoms with Crippen LogP contribution in [0.15, 0.2) is 15.7 Å². The maximum absolute atomic E-state index is 11.0. The monoisotopic (exact) mass is 284 g/mol. The van der Waals surface area contributed by atoms with Gasteiger partial charge in [-0.1, -0.05) is 0 Å². The fraction of sp³-hybridized carbons (Fsp3) is 0.250. The van der Waals surface area contributed by atoms with E-state index in [1.54, 1.807) is 14.0 Å². The lowest BCUT2D eigenvalue weighted by molar-refractivity contribution is -0.389. The Morgan fingerprint density at radius 2 is 2.28 bits per heavy atom.